The van der Waals surface area contributed by atoms with Crippen molar-refractivity contribution in [3.05, 3.63) is 77.9 Å². The van der Waals surface area contributed by atoms with Crippen LogP contribution in [0.5, 0.6) is 11.5 Å². The third-order valence-electron chi connectivity index (χ3n) is 6.32. The number of carbonyl (C=O) groups is 1. The van der Waals surface area contributed by atoms with Gasteiger partial charge in [-0.1, -0.05) is 12.1 Å². The molecule has 0 radical (unpaired) electrons. The summed E-state index contributed by atoms with van der Waals surface area (Å²) in [6, 6.07) is 13.6. The van der Waals surface area contributed by atoms with Crippen molar-refractivity contribution in [1.82, 2.24) is 19.6 Å². The van der Waals surface area contributed by atoms with E-state index in [9.17, 15) is 14.3 Å². The molecule has 4 rings (SSSR count). The van der Waals surface area contributed by atoms with Crippen LogP contribution >= 0.6 is 0 Å². The molecule has 3 aromatic rings. The zero-order valence-corrected chi connectivity index (χ0v) is 21.5. The monoisotopic (exact) mass is 510 g/mol. The van der Waals surface area contributed by atoms with Crippen molar-refractivity contribution >= 4 is 5.91 Å². The molecule has 1 aliphatic rings. The second kappa shape index (κ2) is 12.2. The number of aromatic nitrogens is 2. The average molecular weight is 511 g/mol. The van der Waals surface area contributed by atoms with E-state index in [0.717, 1.165) is 29.8 Å². The lowest BCUT2D eigenvalue weighted by atomic mass is 10.0. The zero-order valence-electron chi connectivity index (χ0n) is 21.5. The van der Waals surface area contributed by atoms with Crippen LogP contribution in [-0.4, -0.2) is 75.6 Å². The summed E-state index contributed by atoms with van der Waals surface area (Å²) in [5, 5.41) is 15.8. The molecule has 1 saturated heterocycles. The van der Waals surface area contributed by atoms with Gasteiger partial charge in [0.1, 0.15) is 29.5 Å². The Bertz CT molecular complexity index is 1170. The summed E-state index contributed by atoms with van der Waals surface area (Å²) >= 11 is 0. The first-order valence-corrected chi connectivity index (χ1v) is 12.6. The molecule has 2 aromatic carbocycles. The van der Waals surface area contributed by atoms with E-state index in [0.29, 0.717) is 38.5 Å². The Labute approximate surface area is 217 Å². The van der Waals surface area contributed by atoms with Crippen molar-refractivity contribution in [1.29, 1.82) is 0 Å². The van der Waals surface area contributed by atoms with Crippen LogP contribution in [0.25, 0.3) is 0 Å². The molecule has 0 saturated carbocycles. The van der Waals surface area contributed by atoms with Gasteiger partial charge < -0.3 is 19.5 Å². The molecule has 1 amide bonds. The summed E-state index contributed by atoms with van der Waals surface area (Å²) in [5.41, 5.74) is 0.913. The summed E-state index contributed by atoms with van der Waals surface area (Å²) in [7, 11) is 0. The van der Waals surface area contributed by atoms with E-state index in [2.05, 4.69) is 10.00 Å². The van der Waals surface area contributed by atoms with E-state index >= 15 is 0 Å². The molecule has 1 N–H and O–H groups in total. The number of nitrogens with zero attached hydrogens (tertiary/aromatic N) is 4. The van der Waals surface area contributed by atoms with Gasteiger partial charge >= 0.3 is 0 Å². The lowest BCUT2D eigenvalue weighted by molar-refractivity contribution is -0.132. The maximum absolute atomic E-state index is 13.2. The number of aryl methyl sites for hydroxylation is 2. The number of benzene rings is 2. The molecular weight excluding hydrogens is 475 g/mol. The van der Waals surface area contributed by atoms with Gasteiger partial charge in [-0.05, 0) is 54.4 Å². The van der Waals surface area contributed by atoms with E-state index in [1.54, 1.807) is 4.90 Å². The van der Waals surface area contributed by atoms with E-state index in [1.165, 1.54) is 31.2 Å². The van der Waals surface area contributed by atoms with Crippen LogP contribution in [0.2, 0.25) is 0 Å². The van der Waals surface area contributed by atoms with Gasteiger partial charge in [-0.2, -0.15) is 5.10 Å². The SMILES string of the molecule is CC(=O)N1CCN(Cc2cccc(OCCCn3cc(C)cn3)c2)C[C@@](O)(COc2ccc(F)cc2)C1. The topological polar surface area (TPSA) is 80.1 Å². The molecular formula is C28H35FN4O4. The summed E-state index contributed by atoms with van der Waals surface area (Å²) in [6.45, 7) is 7.10. The average Bonchev–Trinajstić information content (AvgIpc) is 3.20. The molecule has 0 aliphatic carbocycles. The molecule has 2 heterocycles. The lowest BCUT2D eigenvalue weighted by Crippen LogP contribution is -2.51. The number of aliphatic hydroxyl groups is 1. The molecule has 9 heteroatoms. The van der Waals surface area contributed by atoms with Crippen LogP contribution in [-0.2, 0) is 17.9 Å². The van der Waals surface area contributed by atoms with Crippen molar-refractivity contribution in [3.8, 4) is 11.5 Å². The smallest absolute Gasteiger partial charge is 0.219 e. The normalized spacial score (nSPS) is 18.4. The number of ether oxygens (including phenoxy) is 2. The minimum atomic E-state index is -1.28. The van der Waals surface area contributed by atoms with Gasteiger partial charge in [-0.15, -0.1) is 0 Å². The van der Waals surface area contributed by atoms with Crippen LogP contribution < -0.4 is 9.47 Å². The highest BCUT2D eigenvalue weighted by Gasteiger charge is 2.37. The highest BCUT2D eigenvalue weighted by Crippen LogP contribution is 2.21. The van der Waals surface area contributed by atoms with Crippen molar-refractivity contribution < 1.29 is 23.8 Å². The number of β-amino-alcohol motifs (C(OH)–C–C–N with tert-alkyl or cyclic N) is 1. The molecule has 1 aliphatic heterocycles. The van der Waals surface area contributed by atoms with Crippen LogP contribution in [0, 0.1) is 12.7 Å². The Morgan fingerprint density at radius 1 is 1.11 bits per heavy atom. The summed E-state index contributed by atoms with van der Waals surface area (Å²) in [6.07, 6.45) is 4.71. The number of halogens is 1. The Kier molecular flexibility index (Phi) is 8.78. The molecule has 0 unspecified atom stereocenters. The maximum Gasteiger partial charge on any atom is 0.219 e. The van der Waals surface area contributed by atoms with Gasteiger partial charge in [0, 0.05) is 52.3 Å². The Balaban J connectivity index is 1.35. The Hall–Kier alpha value is -3.43. The molecule has 8 nitrogen and oxygen atoms in total. The van der Waals surface area contributed by atoms with Gasteiger partial charge in [0.2, 0.25) is 5.91 Å². The minimum absolute atomic E-state index is 0.0160. The van der Waals surface area contributed by atoms with Gasteiger partial charge in [-0.25, -0.2) is 4.39 Å². The van der Waals surface area contributed by atoms with Gasteiger partial charge in [0.25, 0.3) is 0 Å². The fourth-order valence-electron chi connectivity index (χ4n) is 4.48. The third kappa shape index (κ3) is 8.03. The second-order valence-electron chi connectivity index (χ2n) is 9.75. The fraction of sp³-hybridized carbons (Fsp3) is 0.429. The van der Waals surface area contributed by atoms with Crippen molar-refractivity contribution in [2.45, 2.75) is 39.0 Å². The van der Waals surface area contributed by atoms with E-state index in [4.69, 9.17) is 9.47 Å². The van der Waals surface area contributed by atoms with E-state index < -0.39 is 5.60 Å². The standard InChI is InChI=1S/C28H35FN4O4/c1-22-16-30-33(17-22)11-4-14-36-27-6-3-5-24(15-27)18-31-12-13-32(23(2)34)20-28(35,19-31)21-37-26-9-7-25(29)8-10-26/h3,5-10,15-17,35H,4,11-14,18-21H2,1-2H3/t28-/m0/s1. The van der Waals surface area contributed by atoms with Gasteiger partial charge in [0.05, 0.1) is 19.3 Å². The predicted octanol–water partition coefficient (Wildman–Crippen LogP) is 3.27. The molecule has 198 valence electrons. The first-order valence-electron chi connectivity index (χ1n) is 12.6. The number of hydrogen-bond acceptors (Lipinski definition) is 6. The molecule has 1 atom stereocenters. The van der Waals surface area contributed by atoms with E-state index in [1.807, 2.05) is 48.3 Å². The first-order chi connectivity index (χ1) is 17.8. The van der Waals surface area contributed by atoms with E-state index in [-0.39, 0.29) is 24.9 Å². The van der Waals surface area contributed by atoms with Crippen LogP contribution in [0.4, 0.5) is 4.39 Å². The highest BCUT2D eigenvalue weighted by atomic mass is 19.1. The fourth-order valence-corrected chi connectivity index (χ4v) is 4.48. The molecule has 0 bridgehead atoms. The molecule has 0 spiro atoms. The number of amides is 1. The largest absolute Gasteiger partial charge is 0.494 e. The van der Waals surface area contributed by atoms with Crippen molar-refractivity contribution in [2.75, 3.05) is 39.4 Å². The van der Waals surface area contributed by atoms with Crippen molar-refractivity contribution in [2.24, 2.45) is 0 Å². The number of hydrogen-bond donors (Lipinski definition) is 1. The molecule has 37 heavy (non-hydrogen) atoms. The van der Waals surface area contributed by atoms with Crippen LogP contribution in [0.15, 0.2) is 60.9 Å². The van der Waals surface area contributed by atoms with Crippen LogP contribution in [0.3, 0.4) is 0 Å². The zero-order chi connectivity index (χ0) is 26.3. The van der Waals surface area contributed by atoms with Crippen molar-refractivity contribution in [3.63, 3.8) is 0 Å². The third-order valence-corrected chi connectivity index (χ3v) is 6.32. The maximum atomic E-state index is 13.2. The quantitative estimate of drug-likeness (QED) is 0.422. The lowest BCUT2D eigenvalue weighted by Gasteiger charge is -2.32. The summed E-state index contributed by atoms with van der Waals surface area (Å²) in [4.78, 5) is 15.9. The first kappa shape index (κ1) is 26.6. The number of rotatable bonds is 10. The minimum Gasteiger partial charge on any atom is -0.494 e. The Morgan fingerprint density at radius 2 is 1.92 bits per heavy atom. The summed E-state index contributed by atoms with van der Waals surface area (Å²) < 4.78 is 26.9. The highest BCUT2D eigenvalue weighted by molar-refractivity contribution is 5.73. The predicted molar refractivity (Wildman–Crippen MR) is 138 cm³/mol. The Morgan fingerprint density at radius 3 is 2.65 bits per heavy atom. The van der Waals surface area contributed by atoms with Gasteiger partial charge in [0.15, 0.2) is 0 Å². The molecule has 1 aromatic heterocycles. The second-order valence-corrected chi connectivity index (χ2v) is 9.75. The van der Waals surface area contributed by atoms with Crippen LogP contribution in [0.1, 0.15) is 24.5 Å². The van der Waals surface area contributed by atoms with Gasteiger partial charge in [-0.3, -0.25) is 14.4 Å². The summed E-state index contributed by atoms with van der Waals surface area (Å²) in [5.74, 6) is 0.813. The number of carbonyl (C=O) groups excluding carboxylic acids is 1. The molecule has 1 fully saturated rings.